The summed E-state index contributed by atoms with van der Waals surface area (Å²) in [5, 5.41) is 24.5. The second-order valence-electron chi connectivity index (χ2n) is 9.87. The number of hydrogen-bond donors (Lipinski definition) is 2. The Morgan fingerprint density at radius 1 is 0.955 bits per heavy atom. The quantitative estimate of drug-likeness (QED) is 0.126. The van der Waals surface area contributed by atoms with Crippen LogP contribution in [0.3, 0.4) is 0 Å². The van der Waals surface area contributed by atoms with Crippen molar-refractivity contribution >= 4 is 49.9 Å². The molecular weight excluding hydrogens is 696 g/mol. The predicted molar refractivity (Wildman–Crippen MR) is 175 cm³/mol. The van der Waals surface area contributed by atoms with Crippen molar-refractivity contribution in [1.82, 2.24) is 9.78 Å². The second-order valence-corrected chi connectivity index (χ2v) is 11.6. The van der Waals surface area contributed by atoms with Gasteiger partial charge in [-0.15, -0.1) is 0 Å². The summed E-state index contributed by atoms with van der Waals surface area (Å²) in [5.41, 5.74) is 3.48. The molecule has 3 aromatic carbocycles. The lowest BCUT2D eigenvalue weighted by atomic mass is 10.00. The molecule has 0 bridgehead atoms. The second kappa shape index (κ2) is 15.1. The number of hydrogen-bond acceptors (Lipinski definition) is 6. The van der Waals surface area contributed by atoms with Crippen molar-refractivity contribution in [2.75, 3.05) is 14.2 Å². The van der Waals surface area contributed by atoms with Crippen molar-refractivity contribution in [3.05, 3.63) is 97.6 Å². The van der Waals surface area contributed by atoms with Gasteiger partial charge in [0.25, 0.3) is 0 Å². The van der Waals surface area contributed by atoms with Crippen LogP contribution < -0.4 is 14.2 Å². The molecule has 1 aromatic heterocycles. The van der Waals surface area contributed by atoms with E-state index in [4.69, 9.17) is 14.2 Å². The van der Waals surface area contributed by atoms with Gasteiger partial charge in [-0.25, -0.2) is 9.59 Å². The Labute approximate surface area is 272 Å². The molecule has 4 aromatic rings. The van der Waals surface area contributed by atoms with E-state index in [1.165, 1.54) is 6.07 Å². The zero-order valence-corrected chi connectivity index (χ0v) is 27.6. The molecule has 11 heteroatoms. The molecule has 44 heavy (non-hydrogen) atoms. The van der Waals surface area contributed by atoms with Gasteiger partial charge in [0, 0.05) is 45.8 Å². The molecule has 0 spiro atoms. The van der Waals surface area contributed by atoms with Gasteiger partial charge in [0.05, 0.1) is 36.1 Å². The molecule has 0 radical (unpaired) electrons. The summed E-state index contributed by atoms with van der Waals surface area (Å²) in [6, 6.07) is 15.6. The van der Waals surface area contributed by atoms with Crippen LogP contribution in [-0.4, -0.2) is 46.2 Å². The normalized spacial score (nSPS) is 11.3. The van der Waals surface area contributed by atoms with Crippen LogP contribution >= 0.6 is 31.9 Å². The number of carboxylic acids is 2. The SMILES string of the molecule is CCCCn1ncc(/C=C(/Cc2cc(OC)c(Br)cc2Br)C(=O)O)c1-c1ccc(OC)cc1OCc1ccccc1C(=O)O. The molecule has 0 atom stereocenters. The number of carboxylic acid groups (broad SMARTS) is 2. The average molecular weight is 728 g/mol. The van der Waals surface area contributed by atoms with Crippen LogP contribution in [0.2, 0.25) is 0 Å². The molecule has 0 unspecified atom stereocenters. The third-order valence-corrected chi connectivity index (χ3v) is 8.33. The number of methoxy groups -OCH3 is 2. The monoisotopic (exact) mass is 726 g/mol. The lowest BCUT2D eigenvalue weighted by Gasteiger charge is -2.16. The fourth-order valence-corrected chi connectivity index (χ4v) is 5.97. The molecule has 2 N–H and O–H groups in total. The number of unbranched alkanes of at least 4 members (excludes halogenated alkanes) is 1. The Balaban J connectivity index is 1.82. The molecule has 4 rings (SSSR count). The maximum Gasteiger partial charge on any atom is 0.336 e. The van der Waals surface area contributed by atoms with Crippen molar-refractivity contribution in [2.45, 2.75) is 39.3 Å². The lowest BCUT2D eigenvalue weighted by molar-refractivity contribution is -0.132. The van der Waals surface area contributed by atoms with Crippen molar-refractivity contribution < 1.29 is 34.0 Å². The molecule has 0 saturated carbocycles. The van der Waals surface area contributed by atoms with Gasteiger partial charge in [-0.1, -0.05) is 47.5 Å². The highest BCUT2D eigenvalue weighted by atomic mass is 79.9. The number of ether oxygens (including phenoxy) is 3. The Morgan fingerprint density at radius 3 is 2.41 bits per heavy atom. The van der Waals surface area contributed by atoms with E-state index in [0.717, 1.165) is 27.4 Å². The third kappa shape index (κ3) is 7.70. The maximum absolute atomic E-state index is 12.5. The van der Waals surface area contributed by atoms with Gasteiger partial charge in [-0.05, 0) is 64.3 Å². The van der Waals surface area contributed by atoms with E-state index >= 15 is 0 Å². The van der Waals surface area contributed by atoms with Crippen LogP contribution in [0.4, 0.5) is 0 Å². The fourth-order valence-electron chi connectivity index (χ4n) is 4.68. The van der Waals surface area contributed by atoms with Gasteiger partial charge < -0.3 is 24.4 Å². The van der Waals surface area contributed by atoms with E-state index in [1.54, 1.807) is 62.9 Å². The minimum absolute atomic E-state index is 0.00326. The standard InChI is InChI=1S/C33H32Br2N2O7/c1-4-5-12-37-31(23(18-36-37)14-22(32(38)39)13-21-15-30(43-3)28(35)17-27(21)34)26-11-10-24(42-2)16-29(26)44-19-20-8-6-7-9-25(20)33(40)41/h6-11,14-18H,4-5,12-13,19H2,1-3H3,(H,38,39)(H,40,41)/b22-14-. The zero-order valence-electron chi connectivity index (χ0n) is 24.5. The molecular formula is C33H32Br2N2O7. The van der Waals surface area contributed by atoms with Crippen molar-refractivity contribution in [3.8, 4) is 28.5 Å². The van der Waals surface area contributed by atoms with Gasteiger partial charge in [0.2, 0.25) is 0 Å². The summed E-state index contributed by atoms with van der Waals surface area (Å²) >= 11 is 7.00. The van der Waals surface area contributed by atoms with Gasteiger partial charge >= 0.3 is 11.9 Å². The topological polar surface area (TPSA) is 120 Å². The number of halogens is 2. The Kier molecular flexibility index (Phi) is 11.2. The number of aryl methyl sites for hydroxylation is 1. The van der Waals surface area contributed by atoms with E-state index < -0.39 is 11.9 Å². The minimum Gasteiger partial charge on any atom is -0.497 e. The lowest BCUT2D eigenvalue weighted by Crippen LogP contribution is -2.08. The van der Waals surface area contributed by atoms with E-state index in [2.05, 4.69) is 43.9 Å². The Bertz CT molecular complexity index is 1700. The maximum atomic E-state index is 12.5. The first-order valence-corrected chi connectivity index (χ1v) is 15.4. The van der Waals surface area contributed by atoms with E-state index in [1.807, 2.05) is 16.8 Å². The van der Waals surface area contributed by atoms with Crippen molar-refractivity contribution in [2.24, 2.45) is 0 Å². The molecule has 9 nitrogen and oxygen atoms in total. The molecule has 0 amide bonds. The van der Waals surface area contributed by atoms with Crippen LogP contribution in [0.5, 0.6) is 17.2 Å². The van der Waals surface area contributed by atoms with E-state index in [-0.39, 0.29) is 24.2 Å². The number of nitrogens with zero attached hydrogens (tertiary/aromatic N) is 2. The van der Waals surface area contributed by atoms with Gasteiger partial charge in [0.15, 0.2) is 0 Å². The van der Waals surface area contributed by atoms with Crippen molar-refractivity contribution in [3.63, 3.8) is 0 Å². The molecule has 0 aliphatic heterocycles. The number of carbonyl (C=O) groups is 2. The summed E-state index contributed by atoms with van der Waals surface area (Å²) in [4.78, 5) is 24.3. The minimum atomic E-state index is -1.07. The summed E-state index contributed by atoms with van der Waals surface area (Å²) in [6.07, 6.45) is 5.19. The Morgan fingerprint density at radius 2 is 1.73 bits per heavy atom. The highest BCUT2D eigenvalue weighted by Crippen LogP contribution is 2.38. The first-order valence-electron chi connectivity index (χ1n) is 13.8. The van der Waals surface area contributed by atoms with Crippen LogP contribution in [0, 0.1) is 0 Å². The van der Waals surface area contributed by atoms with E-state index in [0.29, 0.717) is 46.2 Å². The number of benzene rings is 3. The van der Waals surface area contributed by atoms with Crippen LogP contribution in [0.15, 0.2) is 75.3 Å². The summed E-state index contributed by atoms with van der Waals surface area (Å²) in [7, 11) is 3.10. The van der Waals surface area contributed by atoms with Crippen LogP contribution in [-0.2, 0) is 24.4 Å². The highest BCUT2D eigenvalue weighted by molar-refractivity contribution is 9.11. The number of aromatic carboxylic acids is 1. The highest BCUT2D eigenvalue weighted by Gasteiger charge is 2.21. The Hall–Kier alpha value is -4.09. The van der Waals surface area contributed by atoms with Gasteiger partial charge in [0.1, 0.15) is 23.9 Å². The van der Waals surface area contributed by atoms with Gasteiger partial charge in [-0.3, -0.25) is 4.68 Å². The summed E-state index contributed by atoms with van der Waals surface area (Å²) in [6.45, 7) is 2.68. The molecule has 230 valence electrons. The summed E-state index contributed by atoms with van der Waals surface area (Å²) in [5.74, 6) is -0.536. The number of rotatable bonds is 14. The molecule has 0 fully saturated rings. The molecule has 0 aliphatic carbocycles. The first kappa shape index (κ1) is 32.8. The van der Waals surface area contributed by atoms with Crippen molar-refractivity contribution in [1.29, 1.82) is 0 Å². The number of aromatic nitrogens is 2. The van der Waals surface area contributed by atoms with Crippen LogP contribution in [0.25, 0.3) is 17.3 Å². The predicted octanol–water partition coefficient (Wildman–Crippen LogP) is 7.88. The fraction of sp³-hybridized carbons (Fsp3) is 0.242. The summed E-state index contributed by atoms with van der Waals surface area (Å²) < 4.78 is 20.5. The van der Waals surface area contributed by atoms with Gasteiger partial charge in [-0.2, -0.15) is 5.10 Å². The molecule has 1 heterocycles. The van der Waals surface area contributed by atoms with E-state index in [9.17, 15) is 19.8 Å². The van der Waals surface area contributed by atoms with Crippen LogP contribution in [0.1, 0.15) is 46.8 Å². The molecule has 0 aliphatic rings. The zero-order chi connectivity index (χ0) is 31.8. The third-order valence-electron chi connectivity index (χ3n) is 6.97. The largest absolute Gasteiger partial charge is 0.497 e. The first-order chi connectivity index (χ1) is 21.2. The average Bonchev–Trinajstić information content (AvgIpc) is 3.41. The smallest absolute Gasteiger partial charge is 0.336 e. The molecule has 0 saturated heterocycles. The number of aliphatic carboxylic acids is 1.